The van der Waals surface area contributed by atoms with E-state index in [4.69, 9.17) is 28.4 Å². The molecule has 2 aliphatic rings. The van der Waals surface area contributed by atoms with Gasteiger partial charge in [-0.3, -0.25) is 19.2 Å². The van der Waals surface area contributed by atoms with E-state index in [-0.39, 0.29) is 65.8 Å². The second-order valence-corrected chi connectivity index (χ2v) is 21.4. The number of alkyl carbamates (subject to hydrolysis) is 2. The first kappa shape index (κ1) is 61.8. The first-order valence-electron chi connectivity index (χ1n) is 27.8. The summed E-state index contributed by atoms with van der Waals surface area (Å²) in [6.45, 7) is 6.37. The van der Waals surface area contributed by atoms with E-state index in [9.17, 15) is 38.4 Å². The zero-order valence-corrected chi connectivity index (χ0v) is 46.6. The van der Waals surface area contributed by atoms with Crippen LogP contribution in [-0.2, 0) is 70.0 Å². The van der Waals surface area contributed by atoms with E-state index in [1.807, 2.05) is 121 Å². The van der Waals surface area contributed by atoms with Gasteiger partial charge >= 0.3 is 24.1 Å². The molecule has 430 valence electrons. The average Bonchev–Trinajstić information content (AvgIpc) is 3.50. The van der Waals surface area contributed by atoms with Gasteiger partial charge in [0.2, 0.25) is 11.6 Å². The molecule has 80 heavy (non-hydrogen) atoms. The summed E-state index contributed by atoms with van der Waals surface area (Å²) in [5, 5.41) is 5.09. The molecule has 0 aliphatic carbocycles. The Morgan fingerprint density at radius 1 is 0.487 bits per heavy atom. The van der Waals surface area contributed by atoms with Crippen molar-refractivity contribution in [1.29, 1.82) is 0 Å². The van der Waals surface area contributed by atoms with Gasteiger partial charge in [-0.25, -0.2) is 19.2 Å². The van der Waals surface area contributed by atoms with Crippen molar-refractivity contribution in [2.75, 3.05) is 65.8 Å². The van der Waals surface area contributed by atoms with Gasteiger partial charge < -0.3 is 48.9 Å². The number of nitrogens with one attached hydrogen (secondary N) is 2. The molecule has 2 unspecified atom stereocenters. The summed E-state index contributed by atoms with van der Waals surface area (Å²) in [6, 6.07) is 36.8. The summed E-state index contributed by atoms with van der Waals surface area (Å²) >= 11 is 0. The van der Waals surface area contributed by atoms with Crippen molar-refractivity contribution in [1.82, 2.24) is 20.4 Å². The summed E-state index contributed by atoms with van der Waals surface area (Å²) in [4.78, 5) is 110. The zero-order chi connectivity index (χ0) is 57.3. The van der Waals surface area contributed by atoms with Crippen molar-refractivity contribution in [3.63, 3.8) is 0 Å². The van der Waals surface area contributed by atoms with E-state index in [2.05, 4.69) is 10.6 Å². The van der Waals surface area contributed by atoms with Crippen molar-refractivity contribution in [3.8, 4) is 0 Å². The summed E-state index contributed by atoms with van der Waals surface area (Å²) in [5.74, 6) is -4.38. The molecule has 18 nitrogen and oxygen atoms in total. The molecule has 0 radical (unpaired) electrons. The predicted octanol–water partition coefficient (Wildman–Crippen LogP) is 8.26. The van der Waals surface area contributed by atoms with E-state index >= 15 is 0 Å². The number of ketones is 2. The molecule has 0 aromatic heterocycles. The molecule has 4 aromatic rings. The highest BCUT2D eigenvalue weighted by atomic mass is 16.6. The zero-order valence-electron chi connectivity index (χ0n) is 46.6. The molecule has 4 atom stereocenters. The standard InChI is InChI=1S/C62H78N4O14/c1-61(2,53(67)55(69)65-37-19-17-29-49(65)57(71)79-51(47-25-13-7-14-26-47)33-31-45-21-9-5-10-22-45)43-77-59(73)63-35-39-75-41-42-76-40-36-64-60(74)78-44-62(3,4)54(68)56(70)66-38-20-18-30-50(66)58(72)80-52(48-27-15-8-16-28-48)34-32-46-23-11-6-12-24-46/h5-16,21-28,49-52H,17-20,29-44H2,1-4H3,(H,63,73)(H,64,74)/t49?,50?,51-,52+. The third-order valence-corrected chi connectivity index (χ3v) is 14.2. The topological polar surface area (TPSA) is 222 Å². The van der Waals surface area contributed by atoms with Crippen molar-refractivity contribution in [2.45, 2.75) is 116 Å². The minimum Gasteiger partial charge on any atom is -0.456 e. The summed E-state index contributed by atoms with van der Waals surface area (Å²) in [5.41, 5.74) is 1.09. The number of benzene rings is 4. The number of Topliss-reactive ketones (excluding diaryl/α,β-unsaturated/α-hetero) is 2. The maximum absolute atomic E-state index is 13.8. The van der Waals surface area contributed by atoms with Gasteiger partial charge in [-0.15, -0.1) is 0 Å². The minimum atomic E-state index is -1.40. The minimum absolute atomic E-state index is 0.0762. The molecular weight excluding hydrogens is 1020 g/mol. The second-order valence-electron chi connectivity index (χ2n) is 21.4. The highest BCUT2D eigenvalue weighted by molar-refractivity contribution is 6.39. The average molecular weight is 1100 g/mol. The normalized spacial score (nSPS) is 16.3. The number of amides is 4. The number of esters is 2. The molecule has 0 saturated carbocycles. The number of hydrogen-bond acceptors (Lipinski definition) is 14. The Bertz CT molecular complexity index is 2450. The van der Waals surface area contributed by atoms with E-state index in [0.717, 1.165) is 22.3 Å². The number of aryl methyl sites for hydroxylation is 2. The van der Waals surface area contributed by atoms with Crippen LogP contribution in [0.3, 0.4) is 0 Å². The van der Waals surface area contributed by atoms with Gasteiger partial charge in [0.1, 0.15) is 37.5 Å². The lowest BCUT2D eigenvalue weighted by Gasteiger charge is -2.36. The number of piperidine rings is 2. The van der Waals surface area contributed by atoms with Crippen molar-refractivity contribution in [2.24, 2.45) is 10.8 Å². The van der Waals surface area contributed by atoms with E-state index in [1.165, 1.54) is 37.5 Å². The van der Waals surface area contributed by atoms with Crippen LogP contribution in [0.2, 0.25) is 0 Å². The van der Waals surface area contributed by atoms with Crippen LogP contribution >= 0.6 is 0 Å². The molecule has 18 heteroatoms. The molecule has 2 aliphatic heterocycles. The number of carbonyl (C=O) groups excluding carboxylic acids is 8. The van der Waals surface area contributed by atoms with Crippen LogP contribution in [-0.4, -0.2) is 135 Å². The first-order valence-corrected chi connectivity index (χ1v) is 27.8. The van der Waals surface area contributed by atoms with Gasteiger partial charge in [0.25, 0.3) is 11.8 Å². The fraction of sp³-hybridized carbons (Fsp3) is 0.484. The molecule has 2 N–H and O–H groups in total. The van der Waals surface area contributed by atoms with E-state index in [1.54, 1.807) is 0 Å². The SMILES string of the molecule is CC(C)(COC(=O)NCCOCCOCCNC(=O)OCC(C)(C)C(=O)C(=O)N1CCCCC1C(=O)O[C@H](CCc1ccccc1)c1ccccc1)C(=O)C(=O)N1CCCCC1C(=O)O[C@@H](CCc1ccccc1)c1ccccc1. The van der Waals surface area contributed by atoms with Crippen LogP contribution in [0.1, 0.15) is 114 Å². The van der Waals surface area contributed by atoms with Gasteiger partial charge in [0.05, 0.1) is 37.3 Å². The van der Waals surface area contributed by atoms with Crippen LogP contribution in [0, 0.1) is 10.8 Å². The molecule has 6 rings (SSSR count). The van der Waals surface area contributed by atoms with Crippen molar-refractivity contribution in [3.05, 3.63) is 144 Å². The number of ether oxygens (including phenoxy) is 6. The van der Waals surface area contributed by atoms with Crippen LogP contribution < -0.4 is 10.6 Å². The van der Waals surface area contributed by atoms with Gasteiger partial charge in [-0.2, -0.15) is 0 Å². The summed E-state index contributed by atoms with van der Waals surface area (Å²) in [7, 11) is 0. The van der Waals surface area contributed by atoms with Gasteiger partial charge in [0.15, 0.2) is 0 Å². The molecular formula is C62H78N4O14. The Hall–Kier alpha value is -7.44. The van der Waals surface area contributed by atoms with E-state index in [0.29, 0.717) is 64.2 Å². The Morgan fingerprint density at radius 3 is 1.20 bits per heavy atom. The van der Waals surface area contributed by atoms with Crippen LogP contribution in [0.4, 0.5) is 9.59 Å². The van der Waals surface area contributed by atoms with Crippen LogP contribution in [0.5, 0.6) is 0 Å². The largest absolute Gasteiger partial charge is 0.456 e. The highest BCUT2D eigenvalue weighted by Crippen LogP contribution is 2.31. The van der Waals surface area contributed by atoms with Gasteiger partial charge in [-0.1, -0.05) is 121 Å². The molecule has 2 saturated heterocycles. The van der Waals surface area contributed by atoms with Crippen molar-refractivity contribution < 1.29 is 66.8 Å². The number of rotatable bonds is 29. The smallest absolute Gasteiger partial charge is 0.407 e. The Morgan fingerprint density at radius 2 is 0.838 bits per heavy atom. The molecule has 0 bridgehead atoms. The lowest BCUT2D eigenvalue weighted by Crippen LogP contribution is -2.54. The Labute approximate surface area is 469 Å². The Kier molecular flexibility index (Phi) is 24.2. The maximum atomic E-state index is 13.8. The monoisotopic (exact) mass is 1100 g/mol. The van der Waals surface area contributed by atoms with Crippen LogP contribution in [0.25, 0.3) is 0 Å². The fourth-order valence-corrected chi connectivity index (χ4v) is 9.42. The molecule has 4 aromatic carbocycles. The predicted molar refractivity (Wildman–Crippen MR) is 297 cm³/mol. The van der Waals surface area contributed by atoms with Gasteiger partial charge in [-0.05, 0) is 114 Å². The number of nitrogens with zero attached hydrogens (tertiary/aromatic N) is 2. The van der Waals surface area contributed by atoms with Crippen molar-refractivity contribution >= 4 is 47.5 Å². The first-order chi connectivity index (χ1) is 38.5. The Balaban J connectivity index is 0.829. The summed E-state index contributed by atoms with van der Waals surface area (Å²) < 4.78 is 33.9. The van der Waals surface area contributed by atoms with E-state index < -0.39 is 82.6 Å². The van der Waals surface area contributed by atoms with Gasteiger partial charge in [0, 0.05) is 26.2 Å². The quantitative estimate of drug-likeness (QED) is 0.0226. The lowest BCUT2D eigenvalue weighted by molar-refractivity contribution is -0.165. The molecule has 0 spiro atoms. The number of hydrogen-bond donors (Lipinski definition) is 2. The second kappa shape index (κ2) is 31.4. The fourth-order valence-electron chi connectivity index (χ4n) is 9.42. The molecule has 2 heterocycles. The third-order valence-electron chi connectivity index (χ3n) is 14.2. The maximum Gasteiger partial charge on any atom is 0.407 e. The highest BCUT2D eigenvalue weighted by Gasteiger charge is 2.44. The number of likely N-dealkylation sites (tertiary alicyclic amines) is 2. The lowest BCUT2D eigenvalue weighted by atomic mass is 9.87. The molecule has 2 fully saturated rings. The molecule has 4 amide bonds. The van der Waals surface area contributed by atoms with Crippen LogP contribution in [0.15, 0.2) is 121 Å². The summed E-state index contributed by atoms with van der Waals surface area (Å²) in [6.07, 6.45) is 3.01. The number of carbonyl (C=O) groups is 8. The third kappa shape index (κ3) is 19.1.